The Morgan fingerprint density at radius 3 is 2.82 bits per heavy atom. The second kappa shape index (κ2) is 4.81. The van der Waals surface area contributed by atoms with Crippen molar-refractivity contribution in [1.82, 2.24) is 20.3 Å². The smallest absolute Gasteiger partial charge is 0.323 e. The first kappa shape index (κ1) is 12.3. The largest absolute Gasteiger partial charge is 0.432 e. The summed E-state index contributed by atoms with van der Waals surface area (Å²) in [7, 11) is 0. The second-order valence-corrected chi connectivity index (χ2v) is 4.23. The lowest BCUT2D eigenvalue weighted by atomic mass is 10.3. The first-order chi connectivity index (χ1) is 10.8. The number of hydrogen-bond donors (Lipinski definition) is 1. The van der Waals surface area contributed by atoms with Crippen LogP contribution in [-0.4, -0.2) is 26.2 Å². The molecule has 0 saturated heterocycles. The minimum atomic E-state index is -0.594. The maximum absolute atomic E-state index is 12.0. The molecule has 0 saturated carbocycles. The average Bonchev–Trinajstić information content (AvgIpc) is 3.26. The van der Waals surface area contributed by atoms with Crippen LogP contribution in [0, 0.1) is 0 Å². The summed E-state index contributed by atoms with van der Waals surface area (Å²) >= 11 is 0. The predicted octanol–water partition coefficient (Wildman–Crippen LogP) is 2.12. The summed E-state index contributed by atoms with van der Waals surface area (Å²) in [6.07, 6.45) is 1.44. The Labute approximate surface area is 121 Å². The molecule has 3 heterocycles. The molecule has 0 bridgehead atoms. The third-order valence-electron chi connectivity index (χ3n) is 2.78. The van der Waals surface area contributed by atoms with Crippen molar-refractivity contribution in [2.24, 2.45) is 0 Å². The third-order valence-corrected chi connectivity index (χ3v) is 2.78. The second-order valence-electron chi connectivity index (χ2n) is 4.23. The Balaban J connectivity index is 1.56. The van der Waals surface area contributed by atoms with E-state index in [-0.39, 0.29) is 17.8 Å². The highest BCUT2D eigenvalue weighted by Crippen LogP contribution is 2.20. The maximum Gasteiger partial charge on any atom is 0.323 e. The van der Waals surface area contributed by atoms with Gasteiger partial charge in [0, 0.05) is 6.07 Å². The molecule has 108 valence electrons. The molecular weight excluding hydrogens is 290 g/mol. The van der Waals surface area contributed by atoms with E-state index in [4.69, 9.17) is 13.4 Å². The first-order valence-electron chi connectivity index (χ1n) is 6.21. The normalized spacial score (nSPS) is 10.9. The number of fused-ring (bicyclic) bond motifs is 1. The van der Waals surface area contributed by atoms with E-state index in [0.717, 1.165) is 0 Å². The number of hydrogen-bond acceptors (Lipinski definition) is 8. The number of benzene rings is 1. The molecule has 0 fully saturated rings. The maximum atomic E-state index is 12.0. The van der Waals surface area contributed by atoms with Gasteiger partial charge in [0.25, 0.3) is 11.8 Å². The molecular formula is C13H7N5O4. The quantitative estimate of drug-likeness (QED) is 0.610. The zero-order valence-electron chi connectivity index (χ0n) is 10.9. The van der Waals surface area contributed by atoms with Crippen molar-refractivity contribution in [2.45, 2.75) is 0 Å². The number of para-hydroxylation sites is 2. The number of amides is 1. The monoisotopic (exact) mass is 297 g/mol. The number of rotatable bonds is 3. The van der Waals surface area contributed by atoms with Gasteiger partial charge >= 0.3 is 11.9 Å². The highest BCUT2D eigenvalue weighted by atomic mass is 16.5. The molecule has 0 aliphatic carbocycles. The van der Waals surface area contributed by atoms with E-state index in [1.807, 2.05) is 0 Å². The predicted molar refractivity (Wildman–Crippen MR) is 71.8 cm³/mol. The van der Waals surface area contributed by atoms with E-state index in [2.05, 4.69) is 25.7 Å². The highest BCUT2D eigenvalue weighted by Gasteiger charge is 2.18. The van der Waals surface area contributed by atoms with Gasteiger partial charge in [-0.2, -0.15) is 0 Å². The Hall–Kier alpha value is -3.49. The third kappa shape index (κ3) is 2.10. The van der Waals surface area contributed by atoms with E-state index < -0.39 is 5.91 Å². The Kier molecular flexibility index (Phi) is 2.68. The van der Waals surface area contributed by atoms with Gasteiger partial charge in [-0.25, -0.2) is 4.98 Å². The summed E-state index contributed by atoms with van der Waals surface area (Å²) in [5.41, 5.74) is 1.10. The lowest BCUT2D eigenvalue weighted by molar-refractivity contribution is 0.0989. The fourth-order valence-electron chi connectivity index (χ4n) is 1.82. The molecule has 0 spiro atoms. The van der Waals surface area contributed by atoms with Gasteiger partial charge < -0.3 is 13.4 Å². The van der Waals surface area contributed by atoms with Crippen LogP contribution in [0.1, 0.15) is 10.7 Å². The molecule has 4 aromatic rings. The SMILES string of the molecule is O=C(Nc1nnc(-c2ccno2)o1)c1nc2ccccc2o1. The van der Waals surface area contributed by atoms with E-state index in [1.54, 1.807) is 30.3 Å². The number of carbonyl (C=O) groups is 1. The molecule has 1 aromatic carbocycles. The van der Waals surface area contributed by atoms with E-state index >= 15 is 0 Å². The Morgan fingerprint density at radius 1 is 1.09 bits per heavy atom. The van der Waals surface area contributed by atoms with Crippen LogP contribution in [0.3, 0.4) is 0 Å². The van der Waals surface area contributed by atoms with Crippen molar-refractivity contribution >= 4 is 23.0 Å². The van der Waals surface area contributed by atoms with Crippen LogP contribution in [0.4, 0.5) is 6.01 Å². The fraction of sp³-hybridized carbons (Fsp3) is 0. The van der Waals surface area contributed by atoms with Crippen LogP contribution in [0.25, 0.3) is 22.8 Å². The minimum Gasteiger partial charge on any atom is -0.432 e. The number of anilines is 1. The average molecular weight is 297 g/mol. The van der Waals surface area contributed by atoms with Crippen LogP contribution in [-0.2, 0) is 0 Å². The summed E-state index contributed by atoms with van der Waals surface area (Å²) in [4.78, 5) is 16.1. The summed E-state index contributed by atoms with van der Waals surface area (Å²) in [5.74, 6) is -0.287. The summed E-state index contributed by atoms with van der Waals surface area (Å²) in [5, 5.41) is 13.3. The lowest BCUT2D eigenvalue weighted by Crippen LogP contribution is -2.12. The van der Waals surface area contributed by atoms with Crippen molar-refractivity contribution in [3.8, 4) is 11.7 Å². The van der Waals surface area contributed by atoms with Crippen LogP contribution in [0.5, 0.6) is 0 Å². The van der Waals surface area contributed by atoms with Crippen molar-refractivity contribution in [1.29, 1.82) is 0 Å². The van der Waals surface area contributed by atoms with Crippen molar-refractivity contribution < 1.29 is 18.2 Å². The van der Waals surface area contributed by atoms with E-state index in [1.165, 1.54) is 6.20 Å². The first-order valence-corrected chi connectivity index (χ1v) is 6.21. The molecule has 0 radical (unpaired) electrons. The summed E-state index contributed by atoms with van der Waals surface area (Å²) < 4.78 is 15.4. The standard InChI is InChI=1S/C13H7N5O4/c19-10(12-15-7-3-1-2-4-8(7)20-12)16-13-18-17-11(21-13)9-5-6-14-22-9/h1-6H,(H,16,18,19). The van der Waals surface area contributed by atoms with Gasteiger partial charge in [-0.15, -0.1) is 5.10 Å². The number of aromatic nitrogens is 4. The molecule has 0 aliphatic heterocycles. The van der Waals surface area contributed by atoms with Gasteiger partial charge in [-0.3, -0.25) is 10.1 Å². The van der Waals surface area contributed by atoms with Crippen LogP contribution in [0.2, 0.25) is 0 Å². The number of nitrogens with one attached hydrogen (secondary N) is 1. The van der Waals surface area contributed by atoms with Gasteiger partial charge in [0.05, 0.1) is 6.20 Å². The highest BCUT2D eigenvalue weighted by molar-refractivity contribution is 6.01. The summed E-state index contributed by atoms with van der Waals surface area (Å²) in [6.45, 7) is 0. The van der Waals surface area contributed by atoms with Crippen molar-refractivity contribution in [3.63, 3.8) is 0 Å². The van der Waals surface area contributed by atoms with E-state index in [9.17, 15) is 4.79 Å². The van der Waals surface area contributed by atoms with Gasteiger partial charge in [0.2, 0.25) is 5.76 Å². The number of oxazole rings is 1. The number of carbonyl (C=O) groups excluding carboxylic acids is 1. The van der Waals surface area contributed by atoms with Crippen LogP contribution in [0.15, 0.2) is 49.9 Å². The van der Waals surface area contributed by atoms with Crippen molar-refractivity contribution in [2.75, 3.05) is 5.32 Å². The van der Waals surface area contributed by atoms with Crippen LogP contribution >= 0.6 is 0 Å². The summed E-state index contributed by atoms with van der Waals surface area (Å²) in [6, 6.07) is 8.50. The fourth-order valence-corrected chi connectivity index (χ4v) is 1.82. The molecule has 0 atom stereocenters. The molecule has 9 heteroatoms. The van der Waals surface area contributed by atoms with Gasteiger partial charge in [0.15, 0.2) is 5.58 Å². The van der Waals surface area contributed by atoms with Crippen LogP contribution < -0.4 is 5.32 Å². The minimum absolute atomic E-state index is 0.0967. The lowest BCUT2D eigenvalue weighted by Gasteiger charge is -1.93. The topological polar surface area (TPSA) is 120 Å². The van der Waals surface area contributed by atoms with Gasteiger partial charge in [-0.1, -0.05) is 22.4 Å². The number of nitrogens with zero attached hydrogens (tertiary/aromatic N) is 4. The zero-order valence-corrected chi connectivity index (χ0v) is 10.9. The molecule has 1 N–H and O–H groups in total. The molecule has 22 heavy (non-hydrogen) atoms. The molecule has 4 rings (SSSR count). The molecule has 9 nitrogen and oxygen atoms in total. The zero-order chi connectivity index (χ0) is 14.9. The van der Waals surface area contributed by atoms with Gasteiger partial charge in [-0.05, 0) is 12.1 Å². The Morgan fingerprint density at radius 2 is 2.00 bits per heavy atom. The molecule has 0 unspecified atom stereocenters. The van der Waals surface area contributed by atoms with E-state index in [0.29, 0.717) is 16.9 Å². The Bertz CT molecular complexity index is 907. The van der Waals surface area contributed by atoms with Crippen molar-refractivity contribution in [3.05, 3.63) is 42.4 Å². The molecule has 0 aliphatic rings. The van der Waals surface area contributed by atoms with Gasteiger partial charge in [0.1, 0.15) is 5.52 Å². The molecule has 3 aromatic heterocycles. The molecule has 1 amide bonds.